The molecule has 0 aliphatic carbocycles. The summed E-state index contributed by atoms with van der Waals surface area (Å²) in [5, 5.41) is 12.0. The average molecular weight is 314 g/mol. The third-order valence-electron chi connectivity index (χ3n) is 3.52. The van der Waals surface area contributed by atoms with Crippen LogP contribution in [0.2, 0.25) is 5.02 Å². The van der Waals surface area contributed by atoms with Crippen LogP contribution < -0.4 is 5.32 Å². The first-order chi connectivity index (χ1) is 10.2. The lowest BCUT2D eigenvalue weighted by Gasteiger charge is -2.32. The number of anilines is 1. The predicted octanol–water partition coefficient (Wildman–Crippen LogP) is 1.39. The first kappa shape index (κ1) is 16.0. The van der Waals surface area contributed by atoms with Gasteiger partial charge in [-0.15, -0.1) is 0 Å². The molecule has 1 aliphatic heterocycles. The Bertz CT molecular complexity index is 490. The monoisotopic (exact) mass is 313 g/mol. The lowest BCUT2D eigenvalue weighted by atomic mass is 10.1. The Balaban J connectivity index is 1.98. The van der Waals surface area contributed by atoms with Crippen molar-refractivity contribution in [3.63, 3.8) is 0 Å². The molecule has 1 saturated heterocycles. The fourth-order valence-corrected chi connectivity index (χ4v) is 2.54. The number of hydrogen-bond donors (Lipinski definition) is 2. The van der Waals surface area contributed by atoms with E-state index in [2.05, 4.69) is 10.3 Å². The van der Waals surface area contributed by atoms with Gasteiger partial charge in [0.2, 0.25) is 0 Å². The Morgan fingerprint density at radius 3 is 2.90 bits per heavy atom. The SMILES string of the molecule is CNc1cc(C(=O)N2CCC(OCCO)CC2)c(Cl)cn1. The number of carbonyl (C=O) groups excluding carboxylic acids is 1. The zero-order valence-corrected chi connectivity index (χ0v) is 12.8. The number of nitrogens with one attached hydrogen (secondary N) is 1. The number of halogens is 1. The van der Waals surface area contributed by atoms with Gasteiger partial charge in [-0.3, -0.25) is 4.79 Å². The number of hydrogen-bond acceptors (Lipinski definition) is 5. The Labute approximate surface area is 129 Å². The number of carbonyl (C=O) groups is 1. The van der Waals surface area contributed by atoms with Gasteiger partial charge in [0.1, 0.15) is 5.82 Å². The van der Waals surface area contributed by atoms with Crippen LogP contribution >= 0.6 is 11.6 Å². The fourth-order valence-electron chi connectivity index (χ4n) is 2.35. The van der Waals surface area contributed by atoms with Gasteiger partial charge in [-0.05, 0) is 18.9 Å². The summed E-state index contributed by atoms with van der Waals surface area (Å²) in [6.07, 6.45) is 3.14. The van der Waals surface area contributed by atoms with E-state index >= 15 is 0 Å². The number of likely N-dealkylation sites (tertiary alicyclic amines) is 1. The van der Waals surface area contributed by atoms with Crippen molar-refractivity contribution in [2.75, 3.05) is 38.7 Å². The highest BCUT2D eigenvalue weighted by molar-refractivity contribution is 6.33. The molecule has 1 aliphatic rings. The van der Waals surface area contributed by atoms with E-state index in [1.165, 1.54) is 6.20 Å². The van der Waals surface area contributed by atoms with E-state index in [1.807, 2.05) is 0 Å². The zero-order valence-electron chi connectivity index (χ0n) is 12.0. The minimum Gasteiger partial charge on any atom is -0.394 e. The maximum atomic E-state index is 12.5. The summed E-state index contributed by atoms with van der Waals surface area (Å²) in [7, 11) is 1.74. The van der Waals surface area contributed by atoms with Crippen molar-refractivity contribution in [2.24, 2.45) is 0 Å². The third-order valence-corrected chi connectivity index (χ3v) is 3.82. The Hall–Kier alpha value is -1.37. The molecule has 2 heterocycles. The number of aliphatic hydroxyl groups excluding tert-OH is 1. The van der Waals surface area contributed by atoms with Gasteiger partial charge >= 0.3 is 0 Å². The van der Waals surface area contributed by atoms with Crippen LogP contribution in [0, 0.1) is 0 Å². The van der Waals surface area contributed by atoms with Crippen molar-refractivity contribution in [3.8, 4) is 0 Å². The van der Waals surface area contributed by atoms with Crippen LogP contribution in [0.3, 0.4) is 0 Å². The van der Waals surface area contributed by atoms with Gasteiger partial charge in [-0.1, -0.05) is 11.6 Å². The quantitative estimate of drug-likeness (QED) is 0.859. The fraction of sp³-hybridized carbons (Fsp3) is 0.571. The first-order valence-electron chi connectivity index (χ1n) is 7.00. The Morgan fingerprint density at radius 2 is 2.29 bits per heavy atom. The van der Waals surface area contributed by atoms with E-state index in [-0.39, 0.29) is 18.6 Å². The largest absolute Gasteiger partial charge is 0.394 e. The van der Waals surface area contributed by atoms with E-state index in [9.17, 15) is 4.79 Å². The van der Waals surface area contributed by atoms with Crippen LogP contribution in [0.25, 0.3) is 0 Å². The number of aromatic nitrogens is 1. The van der Waals surface area contributed by atoms with E-state index in [0.717, 1.165) is 12.8 Å². The molecule has 0 aromatic carbocycles. The van der Waals surface area contributed by atoms with E-state index in [1.54, 1.807) is 18.0 Å². The second-order valence-electron chi connectivity index (χ2n) is 4.89. The molecule has 2 rings (SSSR count). The van der Waals surface area contributed by atoms with Crippen LogP contribution in [0.5, 0.6) is 0 Å². The summed E-state index contributed by atoms with van der Waals surface area (Å²) in [6, 6.07) is 1.67. The number of nitrogens with zero attached hydrogens (tertiary/aromatic N) is 2. The summed E-state index contributed by atoms with van der Waals surface area (Å²) < 4.78 is 5.49. The van der Waals surface area contributed by atoms with E-state index in [0.29, 0.717) is 36.1 Å². The number of amides is 1. The van der Waals surface area contributed by atoms with Crippen molar-refractivity contribution in [1.82, 2.24) is 9.88 Å². The standard InChI is InChI=1S/C14H20ClN3O3/c1-16-13-8-11(12(15)9-17-13)14(20)18-4-2-10(3-5-18)21-7-6-19/h8-10,19H,2-7H2,1H3,(H,16,17). The second-order valence-corrected chi connectivity index (χ2v) is 5.29. The van der Waals surface area contributed by atoms with Crippen molar-refractivity contribution in [2.45, 2.75) is 18.9 Å². The molecule has 2 N–H and O–H groups in total. The van der Waals surface area contributed by atoms with Crippen molar-refractivity contribution in [3.05, 3.63) is 22.8 Å². The van der Waals surface area contributed by atoms with Gasteiger partial charge in [-0.2, -0.15) is 0 Å². The maximum Gasteiger partial charge on any atom is 0.255 e. The summed E-state index contributed by atoms with van der Waals surface area (Å²) >= 11 is 6.07. The molecule has 7 heteroatoms. The summed E-state index contributed by atoms with van der Waals surface area (Å²) in [5.41, 5.74) is 0.464. The molecule has 0 unspecified atom stereocenters. The number of rotatable bonds is 5. The van der Waals surface area contributed by atoms with Crippen molar-refractivity contribution >= 4 is 23.3 Å². The van der Waals surface area contributed by atoms with Crippen molar-refractivity contribution < 1.29 is 14.6 Å². The number of aliphatic hydroxyl groups is 1. The van der Waals surface area contributed by atoms with Gasteiger partial charge in [0, 0.05) is 26.3 Å². The normalized spacial score (nSPS) is 16.0. The molecule has 116 valence electrons. The molecular weight excluding hydrogens is 294 g/mol. The Kier molecular flexibility index (Phi) is 5.78. The van der Waals surface area contributed by atoms with Gasteiger partial charge in [0.25, 0.3) is 5.91 Å². The molecule has 0 bridgehead atoms. The molecule has 0 atom stereocenters. The lowest BCUT2D eigenvalue weighted by molar-refractivity contribution is -0.00553. The van der Waals surface area contributed by atoms with Crippen LogP contribution in [0.4, 0.5) is 5.82 Å². The maximum absolute atomic E-state index is 12.5. The molecule has 1 fully saturated rings. The highest BCUT2D eigenvalue weighted by atomic mass is 35.5. The molecule has 1 aromatic rings. The third kappa shape index (κ3) is 4.06. The molecule has 0 radical (unpaired) electrons. The molecular formula is C14H20ClN3O3. The van der Waals surface area contributed by atoms with Crippen LogP contribution in [0.15, 0.2) is 12.3 Å². The number of ether oxygens (including phenoxy) is 1. The zero-order chi connectivity index (χ0) is 15.2. The molecule has 1 aromatic heterocycles. The second kappa shape index (κ2) is 7.59. The number of piperidine rings is 1. The van der Waals surface area contributed by atoms with E-state index < -0.39 is 0 Å². The van der Waals surface area contributed by atoms with Gasteiger partial charge in [0.15, 0.2) is 0 Å². The summed E-state index contributed by atoms with van der Waals surface area (Å²) in [4.78, 5) is 18.4. The van der Waals surface area contributed by atoms with E-state index in [4.69, 9.17) is 21.4 Å². The molecule has 1 amide bonds. The molecule has 6 nitrogen and oxygen atoms in total. The van der Waals surface area contributed by atoms with Crippen LogP contribution in [0.1, 0.15) is 23.2 Å². The number of pyridine rings is 1. The molecule has 21 heavy (non-hydrogen) atoms. The van der Waals surface area contributed by atoms with Gasteiger partial charge < -0.3 is 20.1 Å². The summed E-state index contributed by atoms with van der Waals surface area (Å²) in [6.45, 7) is 1.63. The van der Waals surface area contributed by atoms with Gasteiger partial charge in [0.05, 0.1) is 29.9 Å². The van der Waals surface area contributed by atoms with Crippen LogP contribution in [-0.4, -0.2) is 60.4 Å². The molecule has 0 saturated carbocycles. The first-order valence-corrected chi connectivity index (χ1v) is 7.38. The minimum absolute atomic E-state index is 0.0264. The van der Waals surface area contributed by atoms with Crippen molar-refractivity contribution in [1.29, 1.82) is 0 Å². The minimum atomic E-state index is -0.0838. The lowest BCUT2D eigenvalue weighted by Crippen LogP contribution is -2.41. The predicted molar refractivity (Wildman–Crippen MR) is 80.8 cm³/mol. The highest BCUT2D eigenvalue weighted by Crippen LogP contribution is 2.22. The average Bonchev–Trinajstić information content (AvgIpc) is 2.53. The topological polar surface area (TPSA) is 74.7 Å². The highest BCUT2D eigenvalue weighted by Gasteiger charge is 2.25. The Morgan fingerprint density at radius 1 is 1.57 bits per heavy atom. The van der Waals surface area contributed by atoms with Crippen LogP contribution in [-0.2, 0) is 4.74 Å². The summed E-state index contributed by atoms with van der Waals surface area (Å²) in [5.74, 6) is 0.531. The smallest absolute Gasteiger partial charge is 0.255 e. The van der Waals surface area contributed by atoms with Gasteiger partial charge in [-0.25, -0.2) is 4.98 Å². The molecule has 0 spiro atoms.